The smallest absolute Gasteiger partial charge is 0.119 e. The van der Waals surface area contributed by atoms with Gasteiger partial charge in [0.05, 0.1) is 0 Å². The van der Waals surface area contributed by atoms with Gasteiger partial charge in [0.2, 0.25) is 0 Å². The molecule has 2 heteroatoms. The summed E-state index contributed by atoms with van der Waals surface area (Å²) in [4.78, 5) is 1.28. The Bertz CT molecular complexity index is 735. The van der Waals surface area contributed by atoms with E-state index in [-0.39, 0.29) is 5.41 Å². The first kappa shape index (κ1) is 13.2. The van der Waals surface area contributed by atoms with Gasteiger partial charge in [-0.05, 0) is 36.1 Å². The third-order valence-electron chi connectivity index (χ3n) is 3.87. The van der Waals surface area contributed by atoms with Crippen molar-refractivity contribution >= 4 is 21.4 Å². The van der Waals surface area contributed by atoms with Crippen LogP contribution >= 0.6 is 11.3 Å². The second-order valence-electron chi connectivity index (χ2n) is 5.79. The van der Waals surface area contributed by atoms with Crippen molar-refractivity contribution < 1.29 is 5.11 Å². The molecule has 0 saturated heterocycles. The van der Waals surface area contributed by atoms with Gasteiger partial charge in [-0.3, -0.25) is 0 Å². The quantitative estimate of drug-likeness (QED) is 0.681. The topological polar surface area (TPSA) is 20.2 Å². The molecule has 0 saturated carbocycles. The average molecular weight is 282 g/mol. The first-order valence-corrected chi connectivity index (χ1v) is 7.59. The van der Waals surface area contributed by atoms with Gasteiger partial charge in [-0.25, -0.2) is 0 Å². The lowest BCUT2D eigenvalue weighted by Gasteiger charge is -2.25. The third kappa shape index (κ3) is 2.10. The maximum atomic E-state index is 10.3. The van der Waals surface area contributed by atoms with Crippen LogP contribution in [0.1, 0.15) is 29.9 Å². The second kappa shape index (κ2) is 4.64. The van der Waals surface area contributed by atoms with E-state index in [9.17, 15) is 5.11 Å². The minimum absolute atomic E-state index is 0.193. The Labute approximate surface area is 123 Å². The van der Waals surface area contributed by atoms with Crippen LogP contribution in [0.3, 0.4) is 0 Å². The van der Waals surface area contributed by atoms with Gasteiger partial charge in [0, 0.05) is 20.6 Å². The Morgan fingerprint density at radius 3 is 2.45 bits per heavy atom. The number of fused-ring (bicyclic) bond motifs is 1. The standard InChI is InChI=1S/C18H18OS/c1-12-8-9-14(15(19)10-12)18(2,3)17-11-13-6-4-5-7-16(13)20-17/h4-11,19H,1-3H3. The molecule has 2 aromatic carbocycles. The lowest BCUT2D eigenvalue weighted by Crippen LogP contribution is -2.17. The van der Waals surface area contributed by atoms with Crippen molar-refractivity contribution in [3.8, 4) is 5.75 Å². The highest BCUT2D eigenvalue weighted by Gasteiger charge is 2.28. The predicted molar refractivity (Wildman–Crippen MR) is 86.8 cm³/mol. The van der Waals surface area contributed by atoms with Crippen molar-refractivity contribution in [3.05, 3.63) is 64.5 Å². The summed E-state index contributed by atoms with van der Waals surface area (Å²) >= 11 is 1.80. The Balaban J connectivity index is 2.14. The van der Waals surface area contributed by atoms with E-state index in [2.05, 4.69) is 50.2 Å². The van der Waals surface area contributed by atoms with E-state index in [1.54, 1.807) is 11.3 Å². The molecule has 3 rings (SSSR count). The molecule has 0 radical (unpaired) electrons. The summed E-state index contributed by atoms with van der Waals surface area (Å²) in [5, 5.41) is 11.5. The number of aryl methyl sites for hydroxylation is 1. The molecule has 0 bridgehead atoms. The molecule has 0 fully saturated rings. The van der Waals surface area contributed by atoms with Crippen molar-refractivity contribution in [1.29, 1.82) is 0 Å². The summed E-state index contributed by atoms with van der Waals surface area (Å²) in [6.45, 7) is 6.33. The number of hydrogen-bond acceptors (Lipinski definition) is 2. The number of thiophene rings is 1. The molecule has 1 aromatic heterocycles. The van der Waals surface area contributed by atoms with Crippen LogP contribution in [0.5, 0.6) is 5.75 Å². The third-order valence-corrected chi connectivity index (χ3v) is 5.31. The highest BCUT2D eigenvalue weighted by Crippen LogP contribution is 2.42. The van der Waals surface area contributed by atoms with Crippen LogP contribution in [0.25, 0.3) is 10.1 Å². The van der Waals surface area contributed by atoms with Crippen molar-refractivity contribution in [1.82, 2.24) is 0 Å². The minimum Gasteiger partial charge on any atom is -0.508 e. The molecule has 20 heavy (non-hydrogen) atoms. The molecule has 1 heterocycles. The zero-order valence-corrected chi connectivity index (χ0v) is 12.8. The largest absolute Gasteiger partial charge is 0.508 e. The van der Waals surface area contributed by atoms with E-state index < -0.39 is 0 Å². The van der Waals surface area contributed by atoms with Gasteiger partial charge in [-0.15, -0.1) is 11.3 Å². The molecule has 0 amide bonds. The van der Waals surface area contributed by atoms with Crippen LogP contribution in [0.15, 0.2) is 48.5 Å². The first-order chi connectivity index (χ1) is 9.48. The lowest BCUT2D eigenvalue weighted by atomic mass is 9.82. The fourth-order valence-electron chi connectivity index (χ4n) is 2.59. The van der Waals surface area contributed by atoms with E-state index in [1.165, 1.54) is 15.0 Å². The normalized spacial score (nSPS) is 11.9. The summed E-state index contributed by atoms with van der Waals surface area (Å²) in [6, 6.07) is 16.6. The lowest BCUT2D eigenvalue weighted by molar-refractivity contribution is 0.454. The second-order valence-corrected chi connectivity index (χ2v) is 6.88. The number of hydrogen-bond donors (Lipinski definition) is 1. The average Bonchev–Trinajstić information content (AvgIpc) is 2.82. The van der Waals surface area contributed by atoms with Crippen LogP contribution in [0, 0.1) is 6.92 Å². The van der Waals surface area contributed by atoms with Gasteiger partial charge in [0.1, 0.15) is 5.75 Å². The Morgan fingerprint density at radius 2 is 1.75 bits per heavy atom. The van der Waals surface area contributed by atoms with Crippen molar-refractivity contribution in [2.45, 2.75) is 26.2 Å². The van der Waals surface area contributed by atoms with Gasteiger partial charge in [-0.1, -0.05) is 44.2 Å². The summed E-state index contributed by atoms with van der Waals surface area (Å²) in [5.41, 5.74) is 1.87. The molecular weight excluding hydrogens is 264 g/mol. The number of phenols is 1. The number of aromatic hydroxyl groups is 1. The molecule has 0 spiro atoms. The molecule has 3 aromatic rings. The monoisotopic (exact) mass is 282 g/mol. The van der Waals surface area contributed by atoms with Crippen LogP contribution < -0.4 is 0 Å². The highest BCUT2D eigenvalue weighted by atomic mass is 32.1. The molecule has 102 valence electrons. The van der Waals surface area contributed by atoms with Crippen LogP contribution in [0.2, 0.25) is 0 Å². The molecule has 0 aliphatic heterocycles. The van der Waals surface area contributed by atoms with E-state index >= 15 is 0 Å². The van der Waals surface area contributed by atoms with E-state index in [4.69, 9.17) is 0 Å². The molecular formula is C18H18OS. The summed E-state index contributed by atoms with van der Waals surface area (Å²) in [5.74, 6) is 0.382. The van der Waals surface area contributed by atoms with Gasteiger partial charge >= 0.3 is 0 Å². The maximum absolute atomic E-state index is 10.3. The van der Waals surface area contributed by atoms with Crippen LogP contribution in [-0.2, 0) is 5.41 Å². The highest BCUT2D eigenvalue weighted by molar-refractivity contribution is 7.19. The van der Waals surface area contributed by atoms with Gasteiger partial charge in [0.25, 0.3) is 0 Å². The SMILES string of the molecule is Cc1ccc(C(C)(C)c2cc3ccccc3s2)c(O)c1. The maximum Gasteiger partial charge on any atom is 0.119 e. The first-order valence-electron chi connectivity index (χ1n) is 6.77. The zero-order valence-electron chi connectivity index (χ0n) is 12.0. The molecule has 0 unspecified atom stereocenters. The Kier molecular flexibility index (Phi) is 3.06. The predicted octanol–water partition coefficient (Wildman–Crippen LogP) is 5.24. The summed E-state index contributed by atoms with van der Waals surface area (Å²) in [7, 11) is 0. The molecule has 1 N–H and O–H groups in total. The van der Waals surface area contributed by atoms with Crippen molar-refractivity contribution in [2.75, 3.05) is 0 Å². The molecule has 0 aliphatic rings. The van der Waals surface area contributed by atoms with Crippen LogP contribution in [-0.4, -0.2) is 5.11 Å². The van der Waals surface area contributed by atoms with Crippen LogP contribution in [0.4, 0.5) is 0 Å². The molecule has 1 nitrogen and oxygen atoms in total. The summed E-state index contributed by atoms with van der Waals surface area (Å²) in [6.07, 6.45) is 0. The van der Waals surface area contributed by atoms with E-state index in [0.29, 0.717) is 5.75 Å². The summed E-state index contributed by atoms with van der Waals surface area (Å²) < 4.78 is 1.29. The van der Waals surface area contributed by atoms with E-state index in [0.717, 1.165) is 11.1 Å². The fraction of sp³-hybridized carbons (Fsp3) is 0.222. The number of rotatable bonds is 2. The molecule has 0 atom stereocenters. The van der Waals surface area contributed by atoms with Gasteiger partial charge in [-0.2, -0.15) is 0 Å². The van der Waals surface area contributed by atoms with Gasteiger partial charge in [0.15, 0.2) is 0 Å². The Hall–Kier alpha value is -1.80. The Morgan fingerprint density at radius 1 is 1.00 bits per heavy atom. The fourth-order valence-corrected chi connectivity index (χ4v) is 3.77. The van der Waals surface area contributed by atoms with Gasteiger partial charge < -0.3 is 5.11 Å². The van der Waals surface area contributed by atoms with Crippen molar-refractivity contribution in [3.63, 3.8) is 0 Å². The number of phenolic OH excluding ortho intramolecular Hbond substituents is 1. The molecule has 0 aliphatic carbocycles. The van der Waals surface area contributed by atoms with E-state index in [1.807, 2.05) is 19.1 Å². The zero-order chi connectivity index (χ0) is 14.3. The number of benzene rings is 2. The minimum atomic E-state index is -0.193. The van der Waals surface area contributed by atoms with Crippen molar-refractivity contribution in [2.24, 2.45) is 0 Å².